The Hall–Kier alpha value is -1.34. The van der Waals surface area contributed by atoms with Crippen molar-refractivity contribution in [2.24, 2.45) is 5.92 Å². The van der Waals surface area contributed by atoms with Crippen molar-refractivity contribution in [3.05, 3.63) is 0 Å². The minimum atomic E-state index is -0.847. The van der Waals surface area contributed by atoms with Gasteiger partial charge in [0.1, 0.15) is 0 Å². The van der Waals surface area contributed by atoms with Crippen molar-refractivity contribution in [2.45, 2.75) is 26.2 Å². The third-order valence-corrected chi connectivity index (χ3v) is 2.72. The van der Waals surface area contributed by atoms with Crippen LogP contribution < -0.4 is 10.6 Å². The zero-order valence-electron chi connectivity index (χ0n) is 12.3. The van der Waals surface area contributed by atoms with Crippen molar-refractivity contribution < 1.29 is 24.2 Å². The van der Waals surface area contributed by atoms with Crippen LogP contribution in [0.2, 0.25) is 0 Å². The SMILES string of the molecule is COCCOCCCCNC(=O)NCCC(C)C(=O)O. The van der Waals surface area contributed by atoms with Gasteiger partial charge in [-0.05, 0) is 19.3 Å². The highest BCUT2D eigenvalue weighted by Gasteiger charge is 2.10. The second kappa shape index (κ2) is 12.7. The van der Waals surface area contributed by atoms with E-state index in [0.29, 0.717) is 39.3 Å². The van der Waals surface area contributed by atoms with Gasteiger partial charge in [0.15, 0.2) is 0 Å². The Morgan fingerprint density at radius 1 is 1.10 bits per heavy atom. The lowest BCUT2D eigenvalue weighted by molar-refractivity contribution is -0.141. The van der Waals surface area contributed by atoms with Gasteiger partial charge in [-0.15, -0.1) is 0 Å². The number of carboxylic acids is 1. The molecule has 0 aromatic carbocycles. The van der Waals surface area contributed by atoms with E-state index in [2.05, 4.69) is 10.6 Å². The number of rotatable bonds is 12. The Labute approximate surface area is 120 Å². The second-order valence-corrected chi connectivity index (χ2v) is 4.52. The van der Waals surface area contributed by atoms with Gasteiger partial charge >= 0.3 is 12.0 Å². The molecule has 3 N–H and O–H groups in total. The molecule has 118 valence electrons. The van der Waals surface area contributed by atoms with Crippen molar-refractivity contribution in [1.82, 2.24) is 10.6 Å². The molecule has 0 aromatic rings. The molecule has 1 atom stereocenters. The third-order valence-electron chi connectivity index (χ3n) is 2.72. The largest absolute Gasteiger partial charge is 0.481 e. The Bertz CT molecular complexity index is 273. The van der Waals surface area contributed by atoms with Gasteiger partial charge in [-0.2, -0.15) is 0 Å². The Balaban J connectivity index is 3.30. The van der Waals surface area contributed by atoms with Gasteiger partial charge in [-0.25, -0.2) is 4.79 Å². The van der Waals surface area contributed by atoms with Crippen LogP contribution in [0.5, 0.6) is 0 Å². The molecular formula is C13H26N2O5. The second-order valence-electron chi connectivity index (χ2n) is 4.52. The number of urea groups is 1. The van der Waals surface area contributed by atoms with Crippen LogP contribution in [0.4, 0.5) is 4.79 Å². The molecule has 0 fully saturated rings. The lowest BCUT2D eigenvalue weighted by Crippen LogP contribution is -2.37. The number of unbranched alkanes of at least 4 members (excludes halogenated alkanes) is 1. The molecule has 0 aliphatic rings. The molecule has 0 saturated heterocycles. The molecule has 0 heterocycles. The maximum atomic E-state index is 11.4. The van der Waals surface area contributed by atoms with Gasteiger partial charge in [0, 0.05) is 26.8 Å². The highest BCUT2D eigenvalue weighted by Crippen LogP contribution is 1.99. The van der Waals surface area contributed by atoms with Gasteiger partial charge in [0.25, 0.3) is 0 Å². The van der Waals surface area contributed by atoms with E-state index in [-0.39, 0.29) is 6.03 Å². The van der Waals surface area contributed by atoms with Crippen molar-refractivity contribution >= 4 is 12.0 Å². The summed E-state index contributed by atoms with van der Waals surface area (Å²) in [7, 11) is 1.63. The van der Waals surface area contributed by atoms with Crippen molar-refractivity contribution in [1.29, 1.82) is 0 Å². The van der Waals surface area contributed by atoms with Gasteiger partial charge < -0.3 is 25.2 Å². The number of ether oxygens (including phenoxy) is 2. The Morgan fingerprint density at radius 3 is 2.45 bits per heavy atom. The average Bonchev–Trinajstić information content (AvgIpc) is 2.41. The van der Waals surface area contributed by atoms with Crippen LogP contribution in [0.1, 0.15) is 26.2 Å². The molecule has 0 saturated carbocycles. The van der Waals surface area contributed by atoms with E-state index >= 15 is 0 Å². The van der Waals surface area contributed by atoms with E-state index in [9.17, 15) is 9.59 Å². The minimum Gasteiger partial charge on any atom is -0.481 e. The number of carboxylic acid groups (broad SMARTS) is 1. The highest BCUT2D eigenvalue weighted by atomic mass is 16.5. The number of amides is 2. The first-order valence-corrected chi connectivity index (χ1v) is 6.89. The van der Waals surface area contributed by atoms with E-state index in [1.807, 2.05) is 0 Å². The summed E-state index contributed by atoms with van der Waals surface area (Å²) in [5.74, 6) is -1.29. The van der Waals surface area contributed by atoms with Crippen molar-refractivity contribution in [3.63, 3.8) is 0 Å². The first-order valence-electron chi connectivity index (χ1n) is 6.89. The summed E-state index contributed by atoms with van der Waals surface area (Å²) in [5, 5.41) is 14.0. The molecule has 1 unspecified atom stereocenters. The van der Waals surface area contributed by atoms with Crippen LogP contribution in [0, 0.1) is 5.92 Å². The Morgan fingerprint density at radius 2 is 1.80 bits per heavy atom. The van der Waals surface area contributed by atoms with Gasteiger partial charge in [0.05, 0.1) is 19.1 Å². The molecule has 7 nitrogen and oxygen atoms in total. The fraction of sp³-hybridized carbons (Fsp3) is 0.846. The highest BCUT2D eigenvalue weighted by molar-refractivity contribution is 5.74. The molecule has 20 heavy (non-hydrogen) atoms. The quantitative estimate of drug-likeness (QED) is 0.463. The summed E-state index contributed by atoms with van der Waals surface area (Å²) >= 11 is 0. The number of carbonyl (C=O) groups is 2. The lowest BCUT2D eigenvalue weighted by atomic mass is 10.1. The summed E-state index contributed by atoms with van der Waals surface area (Å²) in [6.07, 6.45) is 2.14. The van der Waals surface area contributed by atoms with Crippen molar-refractivity contribution in [2.75, 3.05) is 40.0 Å². The summed E-state index contributed by atoms with van der Waals surface area (Å²) in [6.45, 7) is 4.39. The number of hydrogen-bond donors (Lipinski definition) is 3. The average molecular weight is 290 g/mol. The molecule has 7 heteroatoms. The summed E-state index contributed by atoms with van der Waals surface area (Å²) < 4.78 is 10.1. The number of aliphatic carboxylic acids is 1. The van der Waals surface area contributed by atoms with Crippen LogP contribution in [0.3, 0.4) is 0 Å². The maximum absolute atomic E-state index is 11.4. The van der Waals surface area contributed by atoms with Crippen molar-refractivity contribution in [3.8, 4) is 0 Å². The Kier molecular flexibility index (Phi) is 11.8. The molecule has 2 amide bonds. The number of nitrogens with one attached hydrogen (secondary N) is 2. The fourth-order valence-corrected chi connectivity index (χ4v) is 1.36. The normalized spacial score (nSPS) is 11.9. The monoisotopic (exact) mass is 290 g/mol. The first kappa shape index (κ1) is 18.7. The zero-order valence-corrected chi connectivity index (χ0v) is 12.3. The molecule has 0 radical (unpaired) electrons. The molecule has 0 spiro atoms. The predicted molar refractivity (Wildman–Crippen MR) is 74.7 cm³/mol. The smallest absolute Gasteiger partial charge is 0.314 e. The maximum Gasteiger partial charge on any atom is 0.314 e. The summed E-state index contributed by atoms with van der Waals surface area (Å²) in [4.78, 5) is 21.9. The van der Waals surface area contributed by atoms with Gasteiger partial charge in [-0.1, -0.05) is 6.92 Å². The van der Waals surface area contributed by atoms with E-state index < -0.39 is 11.9 Å². The molecular weight excluding hydrogens is 264 g/mol. The lowest BCUT2D eigenvalue weighted by Gasteiger charge is -2.09. The predicted octanol–water partition coefficient (Wildman–Crippen LogP) is 0.840. The topological polar surface area (TPSA) is 96.9 Å². The molecule has 0 rings (SSSR count). The van der Waals surface area contributed by atoms with Crippen LogP contribution in [0.15, 0.2) is 0 Å². The minimum absolute atomic E-state index is 0.261. The summed E-state index contributed by atoms with van der Waals surface area (Å²) in [5.41, 5.74) is 0. The van der Waals surface area contributed by atoms with E-state index in [1.54, 1.807) is 14.0 Å². The molecule has 0 bridgehead atoms. The molecule has 0 aliphatic carbocycles. The molecule has 0 aromatic heterocycles. The third kappa shape index (κ3) is 11.7. The zero-order chi connectivity index (χ0) is 15.2. The molecule has 0 aliphatic heterocycles. The van der Waals surface area contributed by atoms with Gasteiger partial charge in [0.2, 0.25) is 0 Å². The number of hydrogen-bond acceptors (Lipinski definition) is 4. The van der Waals surface area contributed by atoms with E-state index in [4.69, 9.17) is 14.6 Å². The van der Waals surface area contributed by atoms with Crippen LogP contribution in [-0.2, 0) is 14.3 Å². The van der Waals surface area contributed by atoms with Crippen LogP contribution in [-0.4, -0.2) is 57.1 Å². The van der Waals surface area contributed by atoms with Gasteiger partial charge in [-0.3, -0.25) is 4.79 Å². The van der Waals surface area contributed by atoms with Crippen LogP contribution >= 0.6 is 0 Å². The van der Waals surface area contributed by atoms with E-state index in [1.165, 1.54) is 0 Å². The standard InChI is InChI=1S/C13H26N2O5/c1-11(12(16)17)5-7-15-13(18)14-6-3-4-8-20-10-9-19-2/h11H,3-10H2,1-2H3,(H,16,17)(H2,14,15,18). The number of carbonyl (C=O) groups excluding carboxylic acids is 1. The number of methoxy groups -OCH3 is 1. The first-order chi connectivity index (χ1) is 9.57. The summed E-state index contributed by atoms with van der Waals surface area (Å²) in [6, 6.07) is -0.261. The fourth-order valence-electron chi connectivity index (χ4n) is 1.36. The van der Waals surface area contributed by atoms with E-state index in [0.717, 1.165) is 12.8 Å². The van der Waals surface area contributed by atoms with Crippen LogP contribution in [0.25, 0.3) is 0 Å².